The average molecular weight is 355 g/mol. The van der Waals surface area contributed by atoms with Crippen molar-refractivity contribution in [2.24, 2.45) is 0 Å². The van der Waals surface area contributed by atoms with E-state index in [0.29, 0.717) is 17.9 Å². The highest BCUT2D eigenvalue weighted by molar-refractivity contribution is 5.94. The molecule has 2 aromatic carbocycles. The maximum atomic E-state index is 12.2. The number of carbonyl (C=O) groups excluding carboxylic acids is 2. The molecule has 1 N–H and O–H groups in total. The Bertz CT molecular complexity index is 711. The van der Waals surface area contributed by atoms with E-state index in [1.54, 1.807) is 45.0 Å². The molecule has 26 heavy (non-hydrogen) atoms. The summed E-state index contributed by atoms with van der Waals surface area (Å²) in [5.41, 5.74) is 1.72. The summed E-state index contributed by atoms with van der Waals surface area (Å²) in [5.74, 6) is -0.0403. The van der Waals surface area contributed by atoms with Gasteiger partial charge >= 0.3 is 5.97 Å². The number of hydrogen-bond acceptors (Lipinski definition) is 4. The highest BCUT2D eigenvalue weighted by Crippen LogP contribution is 2.15. The number of carbonyl (C=O) groups is 2. The molecule has 0 heterocycles. The van der Waals surface area contributed by atoms with Gasteiger partial charge < -0.3 is 14.8 Å². The first kappa shape index (κ1) is 19.5. The average Bonchev–Trinajstić information content (AvgIpc) is 2.62. The Morgan fingerprint density at radius 2 is 1.62 bits per heavy atom. The summed E-state index contributed by atoms with van der Waals surface area (Å²) in [6.07, 6.45) is -0.109. The Labute approximate surface area is 154 Å². The number of nitrogens with one attached hydrogen (secondary N) is 1. The Morgan fingerprint density at radius 1 is 0.962 bits per heavy atom. The molecule has 0 saturated carbocycles. The molecule has 0 aromatic heterocycles. The smallest absolute Gasteiger partial charge is 0.347 e. The second kappa shape index (κ2) is 9.61. The van der Waals surface area contributed by atoms with Crippen LogP contribution in [0, 0.1) is 0 Å². The molecule has 0 unspecified atom stereocenters. The highest BCUT2D eigenvalue weighted by atomic mass is 16.6. The van der Waals surface area contributed by atoms with Gasteiger partial charge in [-0.15, -0.1) is 0 Å². The Morgan fingerprint density at radius 3 is 2.23 bits per heavy atom. The summed E-state index contributed by atoms with van der Waals surface area (Å²) >= 11 is 0. The number of rotatable bonds is 8. The van der Waals surface area contributed by atoms with Gasteiger partial charge in [0, 0.05) is 12.1 Å². The Kier molecular flexibility index (Phi) is 7.21. The van der Waals surface area contributed by atoms with Crippen molar-refractivity contribution >= 4 is 11.9 Å². The van der Waals surface area contributed by atoms with Gasteiger partial charge in [0.2, 0.25) is 0 Å². The van der Waals surface area contributed by atoms with Crippen LogP contribution < -0.4 is 10.1 Å². The summed E-state index contributed by atoms with van der Waals surface area (Å²) in [7, 11) is 0. The van der Waals surface area contributed by atoms with E-state index in [1.165, 1.54) is 5.56 Å². The van der Waals surface area contributed by atoms with Crippen molar-refractivity contribution in [3.8, 4) is 5.75 Å². The minimum Gasteiger partial charge on any atom is -0.479 e. The first-order valence-corrected chi connectivity index (χ1v) is 8.75. The third kappa shape index (κ3) is 6.24. The lowest BCUT2D eigenvalue weighted by Crippen LogP contribution is -2.28. The van der Waals surface area contributed by atoms with Crippen LogP contribution in [0.2, 0.25) is 0 Å². The molecule has 138 valence electrons. The summed E-state index contributed by atoms with van der Waals surface area (Å²) in [6, 6.07) is 16.7. The van der Waals surface area contributed by atoms with E-state index < -0.39 is 12.1 Å². The van der Waals surface area contributed by atoms with Crippen molar-refractivity contribution in [1.29, 1.82) is 0 Å². The zero-order valence-corrected chi connectivity index (χ0v) is 15.4. The van der Waals surface area contributed by atoms with Crippen LogP contribution in [0.15, 0.2) is 54.6 Å². The van der Waals surface area contributed by atoms with E-state index in [9.17, 15) is 9.59 Å². The van der Waals surface area contributed by atoms with Crippen molar-refractivity contribution in [3.05, 3.63) is 65.7 Å². The van der Waals surface area contributed by atoms with Gasteiger partial charge in [-0.1, -0.05) is 30.3 Å². The zero-order chi connectivity index (χ0) is 18.9. The van der Waals surface area contributed by atoms with Gasteiger partial charge in [0.1, 0.15) is 5.75 Å². The molecule has 2 aromatic rings. The second-order valence-electron chi connectivity index (χ2n) is 6.26. The standard InChI is InChI=1S/C21H25NO4/c1-15(2)25-21(24)16(3)26-19-11-9-18(10-12-19)20(23)22-14-13-17-7-5-4-6-8-17/h4-12,15-16H,13-14H2,1-3H3,(H,22,23)/t16-/m0/s1. The lowest BCUT2D eigenvalue weighted by atomic mass is 10.1. The fourth-order valence-electron chi connectivity index (χ4n) is 2.33. The van der Waals surface area contributed by atoms with Crippen LogP contribution in [-0.4, -0.2) is 30.6 Å². The third-order valence-electron chi connectivity index (χ3n) is 3.66. The summed E-state index contributed by atoms with van der Waals surface area (Å²) in [6.45, 7) is 5.78. The minimum atomic E-state index is -0.706. The van der Waals surface area contributed by atoms with E-state index in [1.807, 2.05) is 30.3 Å². The predicted octanol–water partition coefficient (Wildman–Crippen LogP) is 3.38. The monoisotopic (exact) mass is 355 g/mol. The molecule has 1 amide bonds. The van der Waals surface area contributed by atoms with Crippen LogP contribution >= 0.6 is 0 Å². The molecule has 5 nitrogen and oxygen atoms in total. The number of amides is 1. The number of hydrogen-bond donors (Lipinski definition) is 1. The largest absolute Gasteiger partial charge is 0.479 e. The van der Waals surface area contributed by atoms with E-state index in [2.05, 4.69) is 5.32 Å². The van der Waals surface area contributed by atoms with Crippen molar-refractivity contribution in [1.82, 2.24) is 5.32 Å². The van der Waals surface area contributed by atoms with Crippen molar-refractivity contribution in [3.63, 3.8) is 0 Å². The molecular weight excluding hydrogens is 330 g/mol. The molecule has 0 bridgehead atoms. The normalized spacial score (nSPS) is 11.7. The first-order chi connectivity index (χ1) is 12.5. The molecular formula is C21H25NO4. The van der Waals surface area contributed by atoms with Gasteiger partial charge in [-0.2, -0.15) is 0 Å². The lowest BCUT2D eigenvalue weighted by Gasteiger charge is -2.16. The number of benzene rings is 2. The molecule has 0 saturated heterocycles. The fourth-order valence-corrected chi connectivity index (χ4v) is 2.33. The lowest BCUT2D eigenvalue weighted by molar-refractivity contribution is -0.154. The van der Waals surface area contributed by atoms with Crippen molar-refractivity contribution in [2.75, 3.05) is 6.54 Å². The minimum absolute atomic E-state index is 0.139. The van der Waals surface area contributed by atoms with E-state index in [-0.39, 0.29) is 12.0 Å². The molecule has 5 heteroatoms. The molecule has 0 aliphatic heterocycles. The molecule has 0 aliphatic carbocycles. The SMILES string of the molecule is CC(C)OC(=O)[C@H](C)Oc1ccc(C(=O)NCCc2ccccc2)cc1. The van der Waals surface area contributed by atoms with Crippen LogP contribution in [0.1, 0.15) is 36.7 Å². The second-order valence-corrected chi connectivity index (χ2v) is 6.26. The van der Waals surface area contributed by atoms with Crippen LogP contribution in [0.5, 0.6) is 5.75 Å². The van der Waals surface area contributed by atoms with Gasteiger partial charge in [0.15, 0.2) is 6.10 Å². The molecule has 0 spiro atoms. The Balaban J connectivity index is 1.82. The number of esters is 1. The quantitative estimate of drug-likeness (QED) is 0.737. The third-order valence-corrected chi connectivity index (χ3v) is 3.66. The molecule has 2 rings (SSSR count). The number of ether oxygens (including phenoxy) is 2. The molecule has 1 atom stereocenters. The highest BCUT2D eigenvalue weighted by Gasteiger charge is 2.17. The van der Waals surface area contributed by atoms with Crippen LogP contribution in [0.4, 0.5) is 0 Å². The van der Waals surface area contributed by atoms with Gasteiger partial charge in [-0.25, -0.2) is 4.79 Å². The molecule has 0 radical (unpaired) electrons. The summed E-state index contributed by atoms with van der Waals surface area (Å²) in [4.78, 5) is 23.9. The maximum absolute atomic E-state index is 12.2. The van der Waals surface area contributed by atoms with Gasteiger partial charge in [-0.05, 0) is 57.0 Å². The van der Waals surface area contributed by atoms with Crippen molar-refractivity contribution < 1.29 is 19.1 Å². The zero-order valence-electron chi connectivity index (χ0n) is 15.4. The van der Waals surface area contributed by atoms with E-state index >= 15 is 0 Å². The van der Waals surface area contributed by atoms with Crippen LogP contribution in [0.3, 0.4) is 0 Å². The molecule has 0 aliphatic rings. The Hall–Kier alpha value is -2.82. The van der Waals surface area contributed by atoms with Crippen molar-refractivity contribution in [2.45, 2.75) is 39.4 Å². The van der Waals surface area contributed by atoms with Gasteiger partial charge in [0.05, 0.1) is 6.10 Å². The maximum Gasteiger partial charge on any atom is 0.347 e. The first-order valence-electron chi connectivity index (χ1n) is 8.75. The van der Waals surface area contributed by atoms with Gasteiger partial charge in [0.25, 0.3) is 5.91 Å². The summed E-state index contributed by atoms with van der Waals surface area (Å²) in [5, 5.41) is 2.89. The summed E-state index contributed by atoms with van der Waals surface area (Å²) < 4.78 is 10.6. The van der Waals surface area contributed by atoms with E-state index in [0.717, 1.165) is 6.42 Å². The molecule has 0 fully saturated rings. The predicted molar refractivity (Wildman–Crippen MR) is 100 cm³/mol. The van der Waals surface area contributed by atoms with Crippen LogP contribution in [-0.2, 0) is 16.0 Å². The van der Waals surface area contributed by atoms with E-state index in [4.69, 9.17) is 9.47 Å². The fraction of sp³-hybridized carbons (Fsp3) is 0.333. The van der Waals surface area contributed by atoms with Crippen LogP contribution in [0.25, 0.3) is 0 Å². The van der Waals surface area contributed by atoms with Gasteiger partial charge in [-0.3, -0.25) is 4.79 Å². The topological polar surface area (TPSA) is 64.6 Å².